The number of rotatable bonds is 16. The molecule has 0 saturated carbocycles. The Morgan fingerprint density at radius 1 is 0.805 bits per heavy atom. The third kappa shape index (κ3) is 12.2. The summed E-state index contributed by atoms with van der Waals surface area (Å²) in [5.41, 5.74) is 2.67. The van der Waals surface area contributed by atoms with Crippen molar-refractivity contribution >= 4 is 28.9 Å². The second-order valence-electron chi connectivity index (χ2n) is 10.9. The lowest BCUT2D eigenvalue weighted by atomic mass is 10.1. The minimum atomic E-state index is -1.91. The average Bonchev–Trinajstić information content (AvgIpc) is 2.92. The summed E-state index contributed by atoms with van der Waals surface area (Å²) in [7, 11) is -1.08. The lowest BCUT2D eigenvalue weighted by molar-refractivity contribution is 0.0919. The largest absolute Gasteiger partial charge is 0.514 e. The highest BCUT2D eigenvalue weighted by atomic mass is 28.4. The Kier molecular flexibility index (Phi) is 13.8. The molecule has 0 bridgehead atoms. The fourth-order valence-corrected chi connectivity index (χ4v) is 13.5. The van der Waals surface area contributed by atoms with E-state index in [9.17, 15) is 19.1 Å². The summed E-state index contributed by atoms with van der Waals surface area (Å²) in [6.07, 6.45) is 1.79. The lowest BCUT2D eigenvalue weighted by Gasteiger charge is -2.34. The maximum Gasteiger partial charge on any atom is 0.514 e. The van der Waals surface area contributed by atoms with Gasteiger partial charge in [-0.2, -0.15) is 0 Å². The van der Waals surface area contributed by atoms with Gasteiger partial charge < -0.3 is 32.9 Å². The molecule has 2 aromatic rings. The summed E-state index contributed by atoms with van der Waals surface area (Å²) >= 11 is 0. The number of alkyl halides is 1. The number of hydrogen-bond acceptors (Lipinski definition) is 9. The molecule has 9 nitrogen and oxygen atoms in total. The first-order valence-electron chi connectivity index (χ1n) is 13.7. The molecule has 0 saturated heterocycles. The highest BCUT2D eigenvalue weighted by molar-refractivity contribution is 6.84. The minimum Gasteiger partial charge on any atom is -0.493 e. The third-order valence-electron chi connectivity index (χ3n) is 6.41. The lowest BCUT2D eigenvalue weighted by Crippen LogP contribution is -2.44. The second kappa shape index (κ2) is 16.5. The van der Waals surface area contributed by atoms with Gasteiger partial charge in [-0.15, -0.1) is 0 Å². The van der Waals surface area contributed by atoms with Gasteiger partial charge in [-0.25, -0.2) is 14.0 Å². The molecule has 1 N–H and O–H groups in total. The molecular formula is C29H43FO9Si2. The molecule has 0 amide bonds. The van der Waals surface area contributed by atoms with Gasteiger partial charge >= 0.3 is 12.3 Å². The molecule has 0 heterocycles. The van der Waals surface area contributed by atoms with E-state index < -0.39 is 35.6 Å². The SMILES string of the molecule is COC(=O)Oc1ccc(CCC[Si](C)(C)O[Si](C)(C)CCCc2ccc(OC(=O)OCCF)c(OC)c2)cc1CO. The average molecular weight is 611 g/mol. The molecule has 228 valence electrons. The molecule has 41 heavy (non-hydrogen) atoms. The molecule has 0 aromatic heterocycles. The van der Waals surface area contributed by atoms with Crippen LogP contribution in [-0.2, 0) is 33.0 Å². The van der Waals surface area contributed by atoms with Gasteiger partial charge in [0.25, 0.3) is 0 Å². The Morgan fingerprint density at radius 2 is 1.37 bits per heavy atom. The number of aliphatic hydroxyl groups excluding tert-OH is 1. The summed E-state index contributed by atoms with van der Waals surface area (Å²) < 4.78 is 43.7. The topological polar surface area (TPSA) is 110 Å². The van der Waals surface area contributed by atoms with E-state index >= 15 is 0 Å². The van der Waals surface area contributed by atoms with Crippen LogP contribution in [0, 0.1) is 0 Å². The van der Waals surface area contributed by atoms with Crippen molar-refractivity contribution in [3.63, 3.8) is 0 Å². The summed E-state index contributed by atoms with van der Waals surface area (Å²) in [6.45, 7) is 7.68. The van der Waals surface area contributed by atoms with Crippen LogP contribution in [0.5, 0.6) is 17.2 Å². The van der Waals surface area contributed by atoms with E-state index in [1.165, 1.54) is 14.2 Å². The number of halogens is 1. The number of carbonyl (C=O) groups excluding carboxylic acids is 2. The summed E-state index contributed by atoms with van der Waals surface area (Å²) in [4.78, 5) is 23.0. The van der Waals surface area contributed by atoms with Crippen LogP contribution in [-0.4, -0.2) is 61.6 Å². The van der Waals surface area contributed by atoms with E-state index in [-0.39, 0.29) is 19.0 Å². The Hall–Kier alpha value is -2.94. The van der Waals surface area contributed by atoms with Gasteiger partial charge in [-0.3, -0.25) is 0 Å². The molecule has 0 radical (unpaired) electrons. The monoisotopic (exact) mass is 610 g/mol. The van der Waals surface area contributed by atoms with Crippen molar-refractivity contribution in [2.45, 2.75) is 70.6 Å². The standard InChI is InChI=1S/C29H43FO9Si2/c1-34-27-20-23(12-14-26(27)38-29(33)36-16-15-30)10-8-18-41(5,6)39-40(3,4)17-7-9-22-11-13-25(24(19-22)21-31)37-28(32)35-2/h11-14,19-20,31H,7-10,15-18,21H2,1-6H3. The first-order chi connectivity index (χ1) is 19.4. The highest BCUT2D eigenvalue weighted by Gasteiger charge is 2.32. The van der Waals surface area contributed by atoms with Crippen molar-refractivity contribution in [2.75, 3.05) is 27.5 Å². The smallest absolute Gasteiger partial charge is 0.493 e. The van der Waals surface area contributed by atoms with Crippen LogP contribution in [0.1, 0.15) is 29.5 Å². The molecule has 0 aliphatic rings. The van der Waals surface area contributed by atoms with Gasteiger partial charge in [0.15, 0.2) is 28.1 Å². The predicted molar refractivity (Wildman–Crippen MR) is 159 cm³/mol. The molecule has 0 atom stereocenters. The second-order valence-corrected chi connectivity index (χ2v) is 19.7. The van der Waals surface area contributed by atoms with E-state index in [1.54, 1.807) is 12.1 Å². The van der Waals surface area contributed by atoms with Gasteiger partial charge in [0, 0.05) is 5.56 Å². The number of aryl methyl sites for hydroxylation is 2. The molecule has 12 heteroatoms. The molecule has 2 aromatic carbocycles. The zero-order chi connectivity index (χ0) is 30.5. The van der Waals surface area contributed by atoms with E-state index in [0.29, 0.717) is 17.1 Å². The van der Waals surface area contributed by atoms with Crippen LogP contribution < -0.4 is 14.2 Å². The van der Waals surface area contributed by atoms with Gasteiger partial charge in [0.05, 0.1) is 20.8 Å². The molecule has 0 fully saturated rings. The minimum absolute atomic E-state index is 0.226. The Balaban J connectivity index is 1.85. The van der Waals surface area contributed by atoms with Gasteiger partial charge in [-0.05, 0) is 99.4 Å². The number of methoxy groups -OCH3 is 2. The van der Waals surface area contributed by atoms with Crippen LogP contribution in [0.15, 0.2) is 36.4 Å². The Bertz CT molecular complexity index is 1140. The van der Waals surface area contributed by atoms with Crippen molar-refractivity contribution < 1.29 is 46.9 Å². The molecule has 0 spiro atoms. The van der Waals surface area contributed by atoms with Gasteiger partial charge in [0.1, 0.15) is 19.0 Å². The summed E-state index contributed by atoms with van der Waals surface area (Å²) in [6, 6.07) is 12.8. The maximum absolute atomic E-state index is 12.2. The van der Waals surface area contributed by atoms with E-state index in [2.05, 4.69) is 35.7 Å². The van der Waals surface area contributed by atoms with E-state index in [0.717, 1.165) is 48.9 Å². The zero-order valence-electron chi connectivity index (χ0n) is 24.9. The zero-order valence-corrected chi connectivity index (χ0v) is 26.9. The Labute approximate surface area is 244 Å². The molecule has 0 aliphatic heterocycles. The highest BCUT2D eigenvalue weighted by Crippen LogP contribution is 2.30. The fourth-order valence-electron chi connectivity index (χ4n) is 4.62. The van der Waals surface area contributed by atoms with Crippen molar-refractivity contribution in [2.24, 2.45) is 0 Å². The normalized spacial score (nSPS) is 11.6. The van der Waals surface area contributed by atoms with Crippen LogP contribution in [0.3, 0.4) is 0 Å². The van der Waals surface area contributed by atoms with Crippen LogP contribution in [0.2, 0.25) is 38.3 Å². The van der Waals surface area contributed by atoms with Crippen molar-refractivity contribution in [3.05, 3.63) is 53.1 Å². The third-order valence-corrected chi connectivity index (χ3v) is 14.0. The molecule has 2 rings (SSSR count). The van der Waals surface area contributed by atoms with Crippen molar-refractivity contribution in [3.8, 4) is 17.2 Å². The first-order valence-corrected chi connectivity index (χ1v) is 19.9. The number of aliphatic hydroxyl groups is 1. The van der Waals surface area contributed by atoms with E-state index in [4.69, 9.17) is 18.3 Å². The quantitative estimate of drug-likeness (QED) is 0.124. The Morgan fingerprint density at radius 3 is 1.90 bits per heavy atom. The fraction of sp³-hybridized carbons (Fsp3) is 0.517. The van der Waals surface area contributed by atoms with Crippen LogP contribution in [0.25, 0.3) is 0 Å². The number of carbonyl (C=O) groups is 2. The van der Waals surface area contributed by atoms with Crippen molar-refractivity contribution in [1.82, 2.24) is 0 Å². The number of hydrogen-bond donors (Lipinski definition) is 1. The van der Waals surface area contributed by atoms with Crippen LogP contribution in [0.4, 0.5) is 14.0 Å². The summed E-state index contributed by atoms with van der Waals surface area (Å²) in [5.74, 6) is 0.938. The molecular weight excluding hydrogens is 567 g/mol. The maximum atomic E-state index is 12.2. The van der Waals surface area contributed by atoms with Crippen LogP contribution >= 0.6 is 0 Å². The predicted octanol–water partition coefficient (Wildman–Crippen LogP) is 6.81. The molecule has 0 unspecified atom stereocenters. The summed E-state index contributed by atoms with van der Waals surface area (Å²) in [5, 5.41) is 9.67. The van der Waals surface area contributed by atoms with Gasteiger partial charge in [-0.1, -0.05) is 12.1 Å². The van der Waals surface area contributed by atoms with Gasteiger partial charge in [0.2, 0.25) is 0 Å². The number of benzene rings is 2. The number of ether oxygens (including phenoxy) is 5. The first kappa shape index (κ1) is 34.3. The van der Waals surface area contributed by atoms with Crippen molar-refractivity contribution in [1.29, 1.82) is 0 Å². The molecule has 0 aliphatic carbocycles. The van der Waals surface area contributed by atoms with E-state index in [1.807, 2.05) is 24.3 Å².